The van der Waals surface area contributed by atoms with Crippen LogP contribution >= 0.6 is 11.6 Å². The molecule has 1 unspecified atom stereocenters. The van der Waals surface area contributed by atoms with Crippen molar-refractivity contribution in [2.75, 3.05) is 26.9 Å². The van der Waals surface area contributed by atoms with Gasteiger partial charge in [-0.2, -0.15) is 0 Å². The average Bonchev–Trinajstić information content (AvgIpc) is 2.37. The second-order valence-electron chi connectivity index (χ2n) is 5.01. The van der Waals surface area contributed by atoms with Crippen LogP contribution in [0, 0.1) is 5.92 Å². The summed E-state index contributed by atoms with van der Waals surface area (Å²) in [6, 6.07) is 6.02. The Hall–Kier alpha value is -0.770. The molecule has 1 aromatic carbocycles. The fraction of sp³-hybridized carbons (Fsp3) is 0.600. The quantitative estimate of drug-likeness (QED) is 0.739. The van der Waals surface area contributed by atoms with Gasteiger partial charge in [-0.15, -0.1) is 0 Å². The molecule has 1 aromatic rings. The van der Waals surface area contributed by atoms with Gasteiger partial charge in [-0.05, 0) is 37.6 Å². The summed E-state index contributed by atoms with van der Waals surface area (Å²) in [7, 11) is 1.91. The standard InChI is InChI=1S/C15H24ClNO2/c1-11(2)10-18-7-8-19-13-5-6-14(12(3)17-4)15(16)9-13/h5-6,9,11-12,17H,7-8,10H2,1-4H3. The van der Waals surface area contributed by atoms with Crippen molar-refractivity contribution in [1.29, 1.82) is 0 Å². The highest BCUT2D eigenvalue weighted by atomic mass is 35.5. The van der Waals surface area contributed by atoms with Crippen LogP contribution in [0.15, 0.2) is 18.2 Å². The molecule has 0 heterocycles. The molecule has 3 nitrogen and oxygen atoms in total. The first-order chi connectivity index (χ1) is 9.04. The molecule has 0 amide bonds. The number of halogens is 1. The highest BCUT2D eigenvalue weighted by Gasteiger charge is 2.08. The number of hydrogen-bond donors (Lipinski definition) is 1. The summed E-state index contributed by atoms with van der Waals surface area (Å²) in [4.78, 5) is 0. The van der Waals surface area contributed by atoms with Crippen LogP contribution in [0.25, 0.3) is 0 Å². The van der Waals surface area contributed by atoms with Crippen LogP contribution in [0.1, 0.15) is 32.4 Å². The minimum absolute atomic E-state index is 0.232. The van der Waals surface area contributed by atoms with Gasteiger partial charge in [0.25, 0.3) is 0 Å². The smallest absolute Gasteiger partial charge is 0.120 e. The monoisotopic (exact) mass is 285 g/mol. The third-order valence-corrected chi connectivity index (χ3v) is 3.15. The molecule has 0 fully saturated rings. The SMILES string of the molecule is CNC(C)c1ccc(OCCOCC(C)C)cc1Cl. The molecule has 108 valence electrons. The Morgan fingerprint density at radius 3 is 2.53 bits per heavy atom. The van der Waals surface area contributed by atoms with E-state index in [0.717, 1.165) is 22.9 Å². The molecule has 4 heteroatoms. The van der Waals surface area contributed by atoms with E-state index in [2.05, 4.69) is 26.1 Å². The van der Waals surface area contributed by atoms with Crippen LogP contribution in [-0.4, -0.2) is 26.9 Å². The van der Waals surface area contributed by atoms with E-state index in [9.17, 15) is 0 Å². The molecule has 0 spiro atoms. The van der Waals surface area contributed by atoms with Crippen molar-refractivity contribution in [3.63, 3.8) is 0 Å². The first-order valence-electron chi connectivity index (χ1n) is 6.71. The van der Waals surface area contributed by atoms with Gasteiger partial charge in [0, 0.05) is 17.7 Å². The summed E-state index contributed by atoms with van der Waals surface area (Å²) >= 11 is 6.23. The maximum atomic E-state index is 6.23. The average molecular weight is 286 g/mol. The predicted octanol–water partition coefficient (Wildman–Crippen LogP) is 3.67. The summed E-state index contributed by atoms with van der Waals surface area (Å²) < 4.78 is 11.1. The Kier molecular flexibility index (Phi) is 7.21. The predicted molar refractivity (Wildman–Crippen MR) is 80.1 cm³/mol. The summed E-state index contributed by atoms with van der Waals surface area (Å²) in [6.45, 7) is 8.24. The molecule has 19 heavy (non-hydrogen) atoms. The second-order valence-corrected chi connectivity index (χ2v) is 5.42. The minimum atomic E-state index is 0.232. The first-order valence-corrected chi connectivity index (χ1v) is 7.09. The largest absolute Gasteiger partial charge is 0.491 e. The van der Waals surface area contributed by atoms with Gasteiger partial charge in [0.05, 0.1) is 6.61 Å². The van der Waals surface area contributed by atoms with E-state index in [1.54, 1.807) is 0 Å². The van der Waals surface area contributed by atoms with E-state index in [1.165, 1.54) is 0 Å². The molecule has 1 rings (SSSR count). The van der Waals surface area contributed by atoms with Crippen molar-refractivity contribution < 1.29 is 9.47 Å². The highest BCUT2D eigenvalue weighted by Crippen LogP contribution is 2.27. The van der Waals surface area contributed by atoms with Crippen molar-refractivity contribution in [3.8, 4) is 5.75 Å². The minimum Gasteiger partial charge on any atom is -0.491 e. The lowest BCUT2D eigenvalue weighted by atomic mass is 10.1. The van der Waals surface area contributed by atoms with Gasteiger partial charge >= 0.3 is 0 Å². The van der Waals surface area contributed by atoms with E-state index in [-0.39, 0.29) is 6.04 Å². The van der Waals surface area contributed by atoms with Gasteiger partial charge in [0.15, 0.2) is 0 Å². The Labute approximate surface area is 121 Å². The first kappa shape index (κ1) is 16.3. The molecule has 0 saturated heterocycles. The van der Waals surface area contributed by atoms with Crippen molar-refractivity contribution >= 4 is 11.6 Å². The van der Waals surface area contributed by atoms with Crippen LogP contribution in [0.4, 0.5) is 0 Å². The van der Waals surface area contributed by atoms with E-state index in [4.69, 9.17) is 21.1 Å². The van der Waals surface area contributed by atoms with Crippen LogP contribution in [0.2, 0.25) is 5.02 Å². The van der Waals surface area contributed by atoms with Crippen LogP contribution < -0.4 is 10.1 Å². The van der Waals surface area contributed by atoms with Crippen molar-refractivity contribution in [1.82, 2.24) is 5.32 Å². The number of nitrogens with one attached hydrogen (secondary N) is 1. The Morgan fingerprint density at radius 2 is 1.95 bits per heavy atom. The summed E-state index contributed by atoms with van der Waals surface area (Å²) in [5.74, 6) is 1.34. The third-order valence-electron chi connectivity index (χ3n) is 2.82. The highest BCUT2D eigenvalue weighted by molar-refractivity contribution is 6.31. The molecule has 1 N–H and O–H groups in total. The fourth-order valence-corrected chi connectivity index (χ4v) is 1.98. The van der Waals surface area contributed by atoms with Gasteiger partial charge in [-0.1, -0.05) is 31.5 Å². The molecular formula is C15H24ClNO2. The summed E-state index contributed by atoms with van der Waals surface area (Å²) in [6.07, 6.45) is 0. The van der Waals surface area contributed by atoms with Gasteiger partial charge in [0.1, 0.15) is 12.4 Å². The number of ether oxygens (including phenoxy) is 2. The van der Waals surface area contributed by atoms with E-state index >= 15 is 0 Å². The van der Waals surface area contributed by atoms with E-state index < -0.39 is 0 Å². The van der Waals surface area contributed by atoms with Gasteiger partial charge in [0.2, 0.25) is 0 Å². The van der Waals surface area contributed by atoms with Gasteiger partial charge in [-0.25, -0.2) is 0 Å². The Bertz CT molecular complexity index is 382. The van der Waals surface area contributed by atoms with Crippen LogP contribution in [0.5, 0.6) is 5.75 Å². The van der Waals surface area contributed by atoms with E-state index in [0.29, 0.717) is 19.1 Å². The van der Waals surface area contributed by atoms with Crippen molar-refractivity contribution in [3.05, 3.63) is 28.8 Å². The van der Waals surface area contributed by atoms with Crippen LogP contribution in [-0.2, 0) is 4.74 Å². The number of hydrogen-bond acceptors (Lipinski definition) is 3. The molecule has 0 aliphatic heterocycles. The van der Waals surface area contributed by atoms with Gasteiger partial charge in [-0.3, -0.25) is 0 Å². The molecule has 0 aliphatic carbocycles. The maximum Gasteiger partial charge on any atom is 0.120 e. The third kappa shape index (κ3) is 5.81. The maximum absolute atomic E-state index is 6.23. The lowest BCUT2D eigenvalue weighted by molar-refractivity contribution is 0.0819. The van der Waals surface area contributed by atoms with Gasteiger partial charge < -0.3 is 14.8 Å². The lowest BCUT2D eigenvalue weighted by Gasteiger charge is -2.14. The normalized spacial score (nSPS) is 12.7. The molecule has 0 aliphatic rings. The number of rotatable bonds is 8. The zero-order valence-electron chi connectivity index (χ0n) is 12.2. The van der Waals surface area contributed by atoms with Crippen molar-refractivity contribution in [2.24, 2.45) is 5.92 Å². The Balaban J connectivity index is 2.41. The second kappa shape index (κ2) is 8.41. The van der Waals surface area contributed by atoms with Crippen LogP contribution in [0.3, 0.4) is 0 Å². The number of benzene rings is 1. The molecule has 0 bridgehead atoms. The Morgan fingerprint density at radius 1 is 1.21 bits per heavy atom. The lowest BCUT2D eigenvalue weighted by Crippen LogP contribution is -2.13. The summed E-state index contributed by atoms with van der Waals surface area (Å²) in [5.41, 5.74) is 1.08. The molecule has 0 radical (unpaired) electrons. The zero-order valence-corrected chi connectivity index (χ0v) is 13.0. The topological polar surface area (TPSA) is 30.5 Å². The molecule has 1 atom stereocenters. The zero-order chi connectivity index (χ0) is 14.3. The molecular weight excluding hydrogens is 262 g/mol. The van der Waals surface area contributed by atoms with Crippen molar-refractivity contribution in [2.45, 2.75) is 26.8 Å². The van der Waals surface area contributed by atoms with E-state index in [1.807, 2.05) is 25.2 Å². The summed E-state index contributed by atoms with van der Waals surface area (Å²) in [5, 5.41) is 3.89. The molecule has 0 aromatic heterocycles. The molecule has 0 saturated carbocycles. The fourth-order valence-electron chi connectivity index (χ4n) is 1.64.